The molecule has 0 aromatic carbocycles. The lowest BCUT2D eigenvalue weighted by Crippen LogP contribution is -2.00. The van der Waals surface area contributed by atoms with Gasteiger partial charge < -0.3 is 5.11 Å². The summed E-state index contributed by atoms with van der Waals surface area (Å²) >= 11 is 0. The fourth-order valence-corrected chi connectivity index (χ4v) is 0.801. The summed E-state index contributed by atoms with van der Waals surface area (Å²) in [5.41, 5.74) is 0.417. The highest BCUT2D eigenvalue weighted by Crippen LogP contribution is 2.00. The van der Waals surface area contributed by atoms with E-state index >= 15 is 0 Å². The fraction of sp³-hybridized carbons (Fsp3) is 0. The molecule has 0 spiro atoms. The van der Waals surface area contributed by atoms with Gasteiger partial charge in [0.15, 0.2) is 0 Å². The van der Waals surface area contributed by atoms with Crippen LogP contribution in [0.3, 0.4) is 0 Å². The van der Waals surface area contributed by atoms with Crippen molar-refractivity contribution in [3.63, 3.8) is 0 Å². The molecule has 1 N–H and O–H groups in total. The van der Waals surface area contributed by atoms with E-state index in [0.29, 0.717) is 12.0 Å². The Morgan fingerprint density at radius 3 is 2.85 bits per heavy atom. The van der Waals surface area contributed by atoms with Gasteiger partial charge in [-0.3, -0.25) is 4.79 Å². The summed E-state index contributed by atoms with van der Waals surface area (Å²) < 4.78 is 0. The number of aromatic nitrogens is 1. The minimum absolute atomic E-state index is 0.0342. The number of aldehydes is 1. The average molecular weight is 177 g/mol. The van der Waals surface area contributed by atoms with Crippen molar-refractivity contribution in [2.75, 3.05) is 0 Å². The number of hydrogen-bond donors (Lipinski definition) is 1. The molecule has 1 heterocycles. The molecule has 0 amide bonds. The van der Waals surface area contributed by atoms with Crippen LogP contribution in [0, 0.1) is 0 Å². The van der Waals surface area contributed by atoms with Gasteiger partial charge in [-0.2, -0.15) is 0 Å². The summed E-state index contributed by atoms with van der Waals surface area (Å²) in [6.45, 7) is 0. The molecule has 0 atom stereocenters. The third-order valence-corrected chi connectivity index (χ3v) is 1.34. The lowest BCUT2D eigenvalue weighted by molar-refractivity contribution is -0.104. The molecule has 1 aromatic heterocycles. The summed E-state index contributed by atoms with van der Waals surface area (Å²) in [5, 5.41) is 8.58. The molecule has 0 bridgehead atoms. The van der Waals surface area contributed by atoms with E-state index in [0.717, 1.165) is 0 Å². The zero-order chi connectivity index (χ0) is 9.68. The van der Waals surface area contributed by atoms with Crippen LogP contribution in [0.4, 0.5) is 0 Å². The molecule has 0 unspecified atom stereocenters. The zero-order valence-electron chi connectivity index (χ0n) is 6.68. The Hall–Kier alpha value is -1.97. The minimum Gasteiger partial charge on any atom is -0.477 e. The largest absolute Gasteiger partial charge is 0.477 e. The molecule has 4 heteroatoms. The quantitative estimate of drug-likeness (QED) is 0.552. The summed E-state index contributed by atoms with van der Waals surface area (Å²) in [7, 11) is 0. The summed E-state index contributed by atoms with van der Waals surface area (Å²) in [6, 6.07) is 4.58. The number of carboxylic acid groups (broad SMARTS) is 1. The second-order valence-electron chi connectivity index (χ2n) is 2.25. The second kappa shape index (κ2) is 4.15. The molecule has 0 fully saturated rings. The van der Waals surface area contributed by atoms with Crippen LogP contribution in [0.25, 0.3) is 6.08 Å². The summed E-state index contributed by atoms with van der Waals surface area (Å²) in [6.07, 6.45) is 3.31. The van der Waals surface area contributed by atoms with Gasteiger partial charge in [0.05, 0.1) is 5.69 Å². The maximum absolute atomic E-state index is 10.5. The van der Waals surface area contributed by atoms with Crippen molar-refractivity contribution in [1.82, 2.24) is 4.98 Å². The monoisotopic (exact) mass is 177 g/mol. The molecule has 0 radical (unpaired) electrons. The molecule has 13 heavy (non-hydrogen) atoms. The molecule has 0 saturated heterocycles. The van der Waals surface area contributed by atoms with Gasteiger partial charge >= 0.3 is 5.97 Å². The van der Waals surface area contributed by atoms with Crippen molar-refractivity contribution in [2.45, 2.75) is 0 Å². The van der Waals surface area contributed by atoms with E-state index in [9.17, 15) is 9.59 Å². The number of rotatable bonds is 3. The van der Waals surface area contributed by atoms with Crippen LogP contribution in [0.2, 0.25) is 0 Å². The van der Waals surface area contributed by atoms with Gasteiger partial charge in [0.2, 0.25) is 0 Å². The zero-order valence-corrected chi connectivity index (χ0v) is 6.68. The molecular weight excluding hydrogens is 170 g/mol. The van der Waals surface area contributed by atoms with E-state index in [4.69, 9.17) is 5.11 Å². The highest BCUT2D eigenvalue weighted by Gasteiger charge is 2.02. The maximum atomic E-state index is 10.5. The fourth-order valence-electron chi connectivity index (χ4n) is 0.801. The van der Waals surface area contributed by atoms with E-state index in [1.807, 2.05) is 0 Å². The Morgan fingerprint density at radius 2 is 2.23 bits per heavy atom. The standard InChI is InChI=1S/C9H7NO3/c11-6-2-4-7-3-1-5-8(10-7)9(12)13/h1-6H,(H,12,13). The first-order valence-electron chi connectivity index (χ1n) is 3.56. The summed E-state index contributed by atoms with van der Waals surface area (Å²) in [5.74, 6) is -1.08. The Labute approximate surface area is 74.5 Å². The van der Waals surface area contributed by atoms with Crippen molar-refractivity contribution in [2.24, 2.45) is 0 Å². The SMILES string of the molecule is O=CC=Cc1cccc(C(=O)O)n1. The predicted molar refractivity (Wildman–Crippen MR) is 46.3 cm³/mol. The number of pyridine rings is 1. The third-order valence-electron chi connectivity index (χ3n) is 1.34. The van der Waals surface area contributed by atoms with Crippen LogP contribution >= 0.6 is 0 Å². The molecule has 1 rings (SSSR count). The molecular formula is C9H7NO3. The van der Waals surface area contributed by atoms with Crippen molar-refractivity contribution >= 4 is 18.3 Å². The van der Waals surface area contributed by atoms with Crippen LogP contribution < -0.4 is 0 Å². The van der Waals surface area contributed by atoms with Crippen LogP contribution in [-0.2, 0) is 4.79 Å². The highest BCUT2D eigenvalue weighted by atomic mass is 16.4. The van der Waals surface area contributed by atoms with Crippen LogP contribution in [-0.4, -0.2) is 22.3 Å². The maximum Gasteiger partial charge on any atom is 0.354 e. The number of hydrogen-bond acceptors (Lipinski definition) is 3. The van der Waals surface area contributed by atoms with Gasteiger partial charge in [0, 0.05) is 0 Å². The lowest BCUT2D eigenvalue weighted by atomic mass is 10.3. The first-order chi connectivity index (χ1) is 6.24. The van der Waals surface area contributed by atoms with Gasteiger partial charge in [-0.05, 0) is 24.3 Å². The van der Waals surface area contributed by atoms with E-state index in [2.05, 4.69) is 4.98 Å². The lowest BCUT2D eigenvalue weighted by Gasteiger charge is -1.94. The van der Waals surface area contributed by atoms with Gasteiger partial charge in [0.1, 0.15) is 12.0 Å². The van der Waals surface area contributed by atoms with Crippen LogP contribution in [0.1, 0.15) is 16.2 Å². The van der Waals surface area contributed by atoms with Crippen LogP contribution in [0.15, 0.2) is 24.3 Å². The molecule has 66 valence electrons. The number of nitrogens with zero attached hydrogens (tertiary/aromatic N) is 1. The molecule has 4 nitrogen and oxygen atoms in total. The normalized spacial score (nSPS) is 10.2. The Morgan fingerprint density at radius 1 is 1.46 bits per heavy atom. The van der Waals surface area contributed by atoms with E-state index in [1.54, 1.807) is 12.1 Å². The van der Waals surface area contributed by atoms with Gasteiger partial charge in [-0.25, -0.2) is 9.78 Å². The highest BCUT2D eigenvalue weighted by molar-refractivity contribution is 5.85. The van der Waals surface area contributed by atoms with Crippen molar-refractivity contribution in [1.29, 1.82) is 0 Å². The van der Waals surface area contributed by atoms with Gasteiger partial charge in [-0.15, -0.1) is 0 Å². The van der Waals surface area contributed by atoms with Crippen molar-refractivity contribution in [3.05, 3.63) is 35.7 Å². The van der Waals surface area contributed by atoms with Crippen molar-refractivity contribution < 1.29 is 14.7 Å². The molecule has 0 aliphatic heterocycles. The predicted octanol–water partition coefficient (Wildman–Crippen LogP) is 0.992. The smallest absolute Gasteiger partial charge is 0.354 e. The Bertz CT molecular complexity index is 358. The Kier molecular flexibility index (Phi) is 2.92. The first kappa shape index (κ1) is 9.12. The number of carboxylic acids is 1. The number of carbonyl (C=O) groups excluding carboxylic acids is 1. The van der Waals surface area contributed by atoms with E-state index in [-0.39, 0.29) is 5.69 Å². The van der Waals surface area contributed by atoms with E-state index < -0.39 is 5.97 Å². The minimum atomic E-state index is -1.08. The molecule has 0 aliphatic carbocycles. The van der Waals surface area contributed by atoms with Crippen molar-refractivity contribution in [3.8, 4) is 0 Å². The number of aromatic carboxylic acids is 1. The average Bonchev–Trinajstić information content (AvgIpc) is 2.15. The number of carbonyl (C=O) groups is 2. The topological polar surface area (TPSA) is 67.3 Å². The van der Waals surface area contributed by atoms with Gasteiger partial charge in [-0.1, -0.05) is 6.07 Å². The molecule has 0 saturated carbocycles. The summed E-state index contributed by atoms with van der Waals surface area (Å²) in [4.78, 5) is 24.2. The second-order valence-corrected chi connectivity index (χ2v) is 2.25. The van der Waals surface area contributed by atoms with E-state index in [1.165, 1.54) is 18.2 Å². The molecule has 1 aromatic rings. The first-order valence-corrected chi connectivity index (χ1v) is 3.56. The molecule has 0 aliphatic rings. The van der Waals surface area contributed by atoms with Crippen LogP contribution in [0.5, 0.6) is 0 Å². The van der Waals surface area contributed by atoms with Gasteiger partial charge in [0.25, 0.3) is 0 Å². The Balaban J connectivity index is 2.98. The third kappa shape index (κ3) is 2.52. The number of allylic oxidation sites excluding steroid dienone is 1.